The molecule has 1 amide bonds. The number of carbonyl (C=O) groups excluding carboxylic acids is 1. The number of amides is 1. The van der Waals surface area contributed by atoms with Crippen LogP contribution in [0.15, 0.2) is 24.3 Å². The topological polar surface area (TPSA) is 83.1 Å². The summed E-state index contributed by atoms with van der Waals surface area (Å²) in [4.78, 5) is 22.4. The predicted octanol–water partition coefficient (Wildman–Crippen LogP) is 1.70. The van der Waals surface area contributed by atoms with Gasteiger partial charge in [-0.05, 0) is 31.4 Å². The third-order valence-corrected chi connectivity index (χ3v) is 6.95. The first kappa shape index (κ1) is 15.6. The van der Waals surface area contributed by atoms with E-state index >= 15 is 0 Å². The molecule has 0 aliphatic carbocycles. The van der Waals surface area contributed by atoms with Crippen LogP contribution in [0.2, 0.25) is 0 Å². The zero-order valence-electron chi connectivity index (χ0n) is 13.4. The summed E-state index contributed by atoms with van der Waals surface area (Å²) in [6.07, 6.45) is 2.21. The van der Waals surface area contributed by atoms with Crippen LogP contribution in [0.25, 0.3) is 11.0 Å². The van der Waals surface area contributed by atoms with Crippen molar-refractivity contribution in [3.05, 3.63) is 30.1 Å². The molecular formula is C17H21N3O3S. The van der Waals surface area contributed by atoms with Gasteiger partial charge in [0.05, 0.1) is 28.5 Å². The molecule has 0 bridgehead atoms. The number of aromatic nitrogens is 2. The Morgan fingerprint density at radius 1 is 1.17 bits per heavy atom. The van der Waals surface area contributed by atoms with Gasteiger partial charge in [-0.3, -0.25) is 4.79 Å². The second-order valence-electron chi connectivity index (χ2n) is 6.84. The van der Waals surface area contributed by atoms with E-state index in [1.807, 2.05) is 29.2 Å². The summed E-state index contributed by atoms with van der Waals surface area (Å²) < 4.78 is 23.1. The van der Waals surface area contributed by atoms with Gasteiger partial charge in [0.1, 0.15) is 5.82 Å². The van der Waals surface area contributed by atoms with E-state index in [2.05, 4.69) is 9.97 Å². The Morgan fingerprint density at radius 3 is 2.58 bits per heavy atom. The minimum atomic E-state index is -3.01. The maximum absolute atomic E-state index is 12.5. The first-order valence-electron chi connectivity index (χ1n) is 8.46. The molecule has 0 saturated carbocycles. The molecule has 4 rings (SSSR count). The molecule has 2 aliphatic heterocycles. The molecule has 1 N–H and O–H groups in total. The summed E-state index contributed by atoms with van der Waals surface area (Å²) in [7, 11) is -3.01. The summed E-state index contributed by atoms with van der Waals surface area (Å²) in [5.41, 5.74) is 2.02. The van der Waals surface area contributed by atoms with Gasteiger partial charge in [0.15, 0.2) is 9.84 Å². The minimum Gasteiger partial charge on any atom is -0.342 e. The second kappa shape index (κ2) is 5.88. The minimum absolute atomic E-state index is 0.0131. The highest BCUT2D eigenvalue weighted by atomic mass is 32.2. The highest BCUT2D eigenvalue weighted by Gasteiger charge is 2.36. The summed E-state index contributed by atoms with van der Waals surface area (Å²) in [5.74, 6) is 1.17. The second-order valence-corrected chi connectivity index (χ2v) is 9.07. The molecule has 0 spiro atoms. The van der Waals surface area contributed by atoms with Gasteiger partial charge in [0.25, 0.3) is 0 Å². The number of rotatable bonds is 2. The number of nitrogens with one attached hydrogen (secondary N) is 1. The van der Waals surface area contributed by atoms with Crippen molar-refractivity contribution in [3.8, 4) is 0 Å². The van der Waals surface area contributed by atoms with Crippen molar-refractivity contribution in [1.29, 1.82) is 0 Å². The SMILES string of the molecule is O=C([C@H]1CCS(=O)(=O)C1)N1CCC(c2nc3ccccc3[nH]2)CC1. The van der Waals surface area contributed by atoms with Gasteiger partial charge in [-0.25, -0.2) is 13.4 Å². The van der Waals surface area contributed by atoms with Crippen molar-refractivity contribution in [1.82, 2.24) is 14.9 Å². The molecule has 1 atom stereocenters. The fourth-order valence-electron chi connectivity index (χ4n) is 3.79. The van der Waals surface area contributed by atoms with Crippen molar-refractivity contribution in [3.63, 3.8) is 0 Å². The van der Waals surface area contributed by atoms with Crippen LogP contribution in [0, 0.1) is 5.92 Å². The summed E-state index contributed by atoms with van der Waals surface area (Å²) >= 11 is 0. The van der Waals surface area contributed by atoms with Crippen LogP contribution < -0.4 is 0 Å². The number of likely N-dealkylation sites (tertiary alicyclic amines) is 1. The van der Waals surface area contributed by atoms with E-state index in [0.717, 1.165) is 29.7 Å². The Labute approximate surface area is 141 Å². The van der Waals surface area contributed by atoms with Gasteiger partial charge in [0.2, 0.25) is 5.91 Å². The van der Waals surface area contributed by atoms with Gasteiger partial charge in [-0.15, -0.1) is 0 Å². The molecule has 128 valence electrons. The number of carbonyl (C=O) groups is 1. The number of piperidine rings is 1. The molecule has 2 fully saturated rings. The molecule has 3 heterocycles. The predicted molar refractivity (Wildman–Crippen MR) is 91.4 cm³/mol. The Balaban J connectivity index is 1.40. The van der Waals surface area contributed by atoms with Crippen molar-refractivity contribution >= 4 is 26.8 Å². The third kappa shape index (κ3) is 2.92. The van der Waals surface area contributed by atoms with E-state index < -0.39 is 9.84 Å². The smallest absolute Gasteiger partial charge is 0.226 e. The van der Waals surface area contributed by atoms with Gasteiger partial charge in [-0.2, -0.15) is 0 Å². The van der Waals surface area contributed by atoms with E-state index in [1.165, 1.54) is 0 Å². The van der Waals surface area contributed by atoms with E-state index in [9.17, 15) is 13.2 Å². The monoisotopic (exact) mass is 347 g/mol. The van der Waals surface area contributed by atoms with Gasteiger partial charge < -0.3 is 9.88 Å². The lowest BCUT2D eigenvalue weighted by molar-refractivity contribution is -0.135. The van der Waals surface area contributed by atoms with Crippen LogP contribution >= 0.6 is 0 Å². The average Bonchev–Trinajstić information content (AvgIpc) is 3.17. The molecule has 7 heteroatoms. The summed E-state index contributed by atoms with van der Waals surface area (Å²) in [6.45, 7) is 1.36. The fourth-order valence-corrected chi connectivity index (χ4v) is 5.52. The molecule has 2 aliphatic rings. The van der Waals surface area contributed by atoms with Crippen molar-refractivity contribution < 1.29 is 13.2 Å². The first-order valence-corrected chi connectivity index (χ1v) is 10.3. The number of para-hydroxylation sites is 2. The number of benzene rings is 1. The van der Waals surface area contributed by atoms with Gasteiger partial charge in [0, 0.05) is 19.0 Å². The van der Waals surface area contributed by atoms with Crippen molar-refractivity contribution in [2.45, 2.75) is 25.2 Å². The number of fused-ring (bicyclic) bond motifs is 1. The largest absolute Gasteiger partial charge is 0.342 e. The van der Waals surface area contributed by atoms with E-state index in [0.29, 0.717) is 25.4 Å². The van der Waals surface area contributed by atoms with Crippen LogP contribution in [0.3, 0.4) is 0 Å². The van der Waals surface area contributed by atoms with E-state index in [-0.39, 0.29) is 23.3 Å². The van der Waals surface area contributed by atoms with E-state index in [4.69, 9.17) is 0 Å². The molecule has 2 aromatic rings. The average molecular weight is 347 g/mol. The number of hydrogen-bond acceptors (Lipinski definition) is 4. The number of sulfone groups is 1. The molecule has 6 nitrogen and oxygen atoms in total. The normalized spacial score (nSPS) is 24.5. The lowest BCUT2D eigenvalue weighted by Gasteiger charge is -2.32. The van der Waals surface area contributed by atoms with Crippen molar-refractivity contribution in [2.24, 2.45) is 5.92 Å². The fraction of sp³-hybridized carbons (Fsp3) is 0.529. The van der Waals surface area contributed by atoms with Crippen LogP contribution in [-0.4, -0.2) is 53.8 Å². The van der Waals surface area contributed by atoms with Crippen LogP contribution in [0.4, 0.5) is 0 Å². The molecule has 1 aromatic carbocycles. The molecule has 0 unspecified atom stereocenters. The quantitative estimate of drug-likeness (QED) is 0.896. The maximum Gasteiger partial charge on any atom is 0.226 e. The number of H-pyrrole nitrogens is 1. The number of aromatic amines is 1. The van der Waals surface area contributed by atoms with Gasteiger partial charge >= 0.3 is 0 Å². The molecular weight excluding hydrogens is 326 g/mol. The number of nitrogens with zero attached hydrogens (tertiary/aromatic N) is 2. The standard InChI is InChI=1S/C17H21N3O3S/c21-17(13-7-10-24(22,23)11-13)20-8-5-12(6-9-20)16-18-14-3-1-2-4-15(14)19-16/h1-4,12-13H,5-11H2,(H,18,19)/t13-/m0/s1. The van der Waals surface area contributed by atoms with Crippen molar-refractivity contribution in [2.75, 3.05) is 24.6 Å². The number of imidazole rings is 1. The summed E-state index contributed by atoms with van der Waals surface area (Å²) in [6, 6.07) is 7.98. The van der Waals surface area contributed by atoms with E-state index in [1.54, 1.807) is 0 Å². The highest BCUT2D eigenvalue weighted by molar-refractivity contribution is 7.91. The van der Waals surface area contributed by atoms with Crippen LogP contribution in [0.1, 0.15) is 31.0 Å². The third-order valence-electron chi connectivity index (χ3n) is 5.18. The van der Waals surface area contributed by atoms with Crippen LogP contribution in [-0.2, 0) is 14.6 Å². The molecule has 24 heavy (non-hydrogen) atoms. The number of hydrogen-bond donors (Lipinski definition) is 1. The lowest BCUT2D eigenvalue weighted by Crippen LogP contribution is -2.41. The lowest BCUT2D eigenvalue weighted by atomic mass is 9.95. The Kier molecular flexibility index (Phi) is 3.83. The van der Waals surface area contributed by atoms with Crippen LogP contribution in [0.5, 0.6) is 0 Å². The molecule has 2 saturated heterocycles. The van der Waals surface area contributed by atoms with Gasteiger partial charge in [-0.1, -0.05) is 12.1 Å². The maximum atomic E-state index is 12.5. The Hall–Kier alpha value is -1.89. The Morgan fingerprint density at radius 2 is 1.92 bits per heavy atom. The summed E-state index contributed by atoms with van der Waals surface area (Å²) in [5, 5.41) is 0. The first-order chi connectivity index (χ1) is 11.5. The highest BCUT2D eigenvalue weighted by Crippen LogP contribution is 2.29. The Bertz CT molecular complexity index is 833. The molecule has 0 radical (unpaired) electrons. The zero-order chi connectivity index (χ0) is 16.7. The molecule has 1 aromatic heterocycles. The zero-order valence-corrected chi connectivity index (χ0v) is 14.3.